The van der Waals surface area contributed by atoms with Crippen LogP contribution in [0.3, 0.4) is 0 Å². The zero-order chi connectivity index (χ0) is 11.6. The van der Waals surface area contributed by atoms with Gasteiger partial charge < -0.3 is 19.1 Å². The van der Waals surface area contributed by atoms with Crippen molar-refractivity contribution >= 4 is 5.97 Å². The van der Waals surface area contributed by atoms with Crippen molar-refractivity contribution in [1.29, 1.82) is 0 Å². The number of rotatable bonds is 3. The van der Waals surface area contributed by atoms with Crippen molar-refractivity contribution in [1.82, 2.24) is 5.16 Å². The van der Waals surface area contributed by atoms with Crippen molar-refractivity contribution in [3.8, 4) is 5.88 Å². The van der Waals surface area contributed by atoms with Crippen LogP contribution in [-0.4, -0.2) is 36.6 Å². The lowest BCUT2D eigenvalue weighted by Gasteiger charge is -2.30. The highest BCUT2D eigenvalue weighted by Gasteiger charge is 2.45. The summed E-state index contributed by atoms with van der Waals surface area (Å²) in [7, 11) is 1.46. The van der Waals surface area contributed by atoms with Gasteiger partial charge in [0.1, 0.15) is 5.41 Å². The third-order valence-electron chi connectivity index (χ3n) is 2.93. The third kappa shape index (κ3) is 1.65. The van der Waals surface area contributed by atoms with Crippen molar-refractivity contribution in [2.45, 2.75) is 18.3 Å². The number of ether oxygens (including phenoxy) is 2. The topological polar surface area (TPSA) is 81.8 Å². The highest BCUT2D eigenvalue weighted by molar-refractivity contribution is 5.80. The van der Waals surface area contributed by atoms with E-state index < -0.39 is 11.4 Å². The fraction of sp³-hybridized carbons (Fsp3) is 0.600. The highest BCUT2D eigenvalue weighted by atomic mass is 16.5. The number of aromatic nitrogens is 1. The van der Waals surface area contributed by atoms with Crippen LogP contribution < -0.4 is 4.74 Å². The van der Waals surface area contributed by atoms with Gasteiger partial charge in [-0.2, -0.15) is 0 Å². The molecule has 16 heavy (non-hydrogen) atoms. The average molecular weight is 227 g/mol. The maximum Gasteiger partial charge on any atom is 0.317 e. The van der Waals surface area contributed by atoms with E-state index in [0.717, 1.165) is 0 Å². The zero-order valence-electron chi connectivity index (χ0n) is 8.93. The second-order valence-electron chi connectivity index (χ2n) is 3.73. The van der Waals surface area contributed by atoms with Gasteiger partial charge in [0.05, 0.1) is 7.11 Å². The lowest BCUT2D eigenvalue weighted by atomic mass is 9.78. The highest BCUT2D eigenvalue weighted by Crippen LogP contribution is 2.36. The molecular weight excluding hydrogens is 214 g/mol. The Labute approximate surface area is 92.1 Å². The Kier molecular flexibility index (Phi) is 2.82. The molecular formula is C10H13NO5. The largest absolute Gasteiger partial charge is 0.480 e. The monoisotopic (exact) mass is 227 g/mol. The molecule has 6 heteroatoms. The van der Waals surface area contributed by atoms with E-state index in [1.165, 1.54) is 13.2 Å². The van der Waals surface area contributed by atoms with E-state index >= 15 is 0 Å². The van der Waals surface area contributed by atoms with Crippen molar-refractivity contribution < 1.29 is 23.9 Å². The second kappa shape index (κ2) is 4.13. The summed E-state index contributed by atoms with van der Waals surface area (Å²) in [6.07, 6.45) is 0.779. The molecule has 0 atom stereocenters. The lowest BCUT2D eigenvalue weighted by Crippen LogP contribution is -2.41. The van der Waals surface area contributed by atoms with Crippen LogP contribution in [0.2, 0.25) is 0 Å². The zero-order valence-corrected chi connectivity index (χ0v) is 8.93. The Balaban J connectivity index is 2.34. The smallest absolute Gasteiger partial charge is 0.317 e. The fourth-order valence-electron chi connectivity index (χ4n) is 1.87. The predicted octanol–water partition coefficient (Wildman–Crippen LogP) is 0.816. The predicted molar refractivity (Wildman–Crippen MR) is 52.4 cm³/mol. The van der Waals surface area contributed by atoms with Crippen LogP contribution in [0.5, 0.6) is 5.88 Å². The van der Waals surface area contributed by atoms with Crippen molar-refractivity contribution in [2.24, 2.45) is 0 Å². The summed E-state index contributed by atoms with van der Waals surface area (Å²) in [5, 5.41) is 13.0. The Morgan fingerprint density at radius 1 is 1.56 bits per heavy atom. The van der Waals surface area contributed by atoms with Crippen LogP contribution in [-0.2, 0) is 14.9 Å². The second-order valence-corrected chi connectivity index (χ2v) is 3.73. The van der Waals surface area contributed by atoms with Gasteiger partial charge in [-0.05, 0) is 18.0 Å². The molecule has 1 saturated heterocycles. The van der Waals surface area contributed by atoms with Crippen molar-refractivity contribution in [3.05, 3.63) is 11.8 Å². The Bertz CT molecular complexity index is 380. The molecule has 6 nitrogen and oxygen atoms in total. The van der Waals surface area contributed by atoms with Gasteiger partial charge in [0.2, 0.25) is 0 Å². The standard InChI is InChI=1S/C10H13NO5/c1-14-8-6-7(16-11-8)10(9(12)13)2-4-15-5-3-10/h6H,2-5H2,1H3,(H,12,13). The minimum Gasteiger partial charge on any atom is -0.480 e. The van der Waals surface area contributed by atoms with Crippen LogP contribution in [0.1, 0.15) is 18.6 Å². The quantitative estimate of drug-likeness (QED) is 0.823. The van der Waals surface area contributed by atoms with Crippen LogP contribution >= 0.6 is 0 Å². The van der Waals surface area contributed by atoms with E-state index in [9.17, 15) is 9.90 Å². The van der Waals surface area contributed by atoms with Gasteiger partial charge >= 0.3 is 5.97 Å². The molecule has 2 rings (SSSR count). The van der Waals surface area contributed by atoms with Gasteiger partial charge in [-0.15, -0.1) is 0 Å². The van der Waals surface area contributed by atoms with Crippen molar-refractivity contribution in [2.75, 3.05) is 20.3 Å². The van der Waals surface area contributed by atoms with Gasteiger partial charge in [-0.3, -0.25) is 4.79 Å². The Morgan fingerprint density at radius 2 is 2.25 bits per heavy atom. The molecule has 0 bridgehead atoms. The van der Waals surface area contributed by atoms with Gasteiger partial charge in [-0.25, -0.2) is 0 Å². The molecule has 0 unspecified atom stereocenters. The number of aliphatic carboxylic acids is 1. The average Bonchev–Trinajstić information content (AvgIpc) is 2.78. The molecule has 2 heterocycles. The minimum absolute atomic E-state index is 0.294. The van der Waals surface area contributed by atoms with Gasteiger partial charge in [0.25, 0.3) is 5.88 Å². The number of hydrogen-bond acceptors (Lipinski definition) is 5. The van der Waals surface area contributed by atoms with E-state index in [-0.39, 0.29) is 0 Å². The molecule has 0 radical (unpaired) electrons. The summed E-state index contributed by atoms with van der Waals surface area (Å²) in [6, 6.07) is 1.53. The number of methoxy groups -OCH3 is 1. The molecule has 0 spiro atoms. The first kappa shape index (κ1) is 10.9. The van der Waals surface area contributed by atoms with E-state index in [0.29, 0.717) is 37.7 Å². The molecule has 1 N–H and O–H groups in total. The Hall–Kier alpha value is -1.56. The molecule has 0 amide bonds. The van der Waals surface area contributed by atoms with E-state index in [1.54, 1.807) is 0 Å². The SMILES string of the molecule is COc1cc(C2(C(=O)O)CCOCC2)on1. The number of nitrogens with zero attached hydrogens (tertiary/aromatic N) is 1. The molecule has 1 fully saturated rings. The van der Waals surface area contributed by atoms with Crippen LogP contribution in [0.15, 0.2) is 10.6 Å². The van der Waals surface area contributed by atoms with E-state index in [1.807, 2.05) is 0 Å². The summed E-state index contributed by atoms with van der Waals surface area (Å²) in [6.45, 7) is 0.824. The Morgan fingerprint density at radius 3 is 2.75 bits per heavy atom. The fourth-order valence-corrected chi connectivity index (χ4v) is 1.87. The molecule has 0 aliphatic carbocycles. The molecule has 1 aromatic rings. The van der Waals surface area contributed by atoms with Crippen molar-refractivity contribution in [3.63, 3.8) is 0 Å². The molecule has 1 aromatic heterocycles. The van der Waals surface area contributed by atoms with Crippen LogP contribution in [0, 0.1) is 0 Å². The molecule has 88 valence electrons. The van der Waals surface area contributed by atoms with Gasteiger partial charge in [0.15, 0.2) is 5.76 Å². The van der Waals surface area contributed by atoms with Gasteiger partial charge in [0, 0.05) is 19.3 Å². The number of carboxylic acids is 1. The summed E-state index contributed by atoms with van der Waals surface area (Å²) in [5.41, 5.74) is -1.03. The normalized spacial score (nSPS) is 19.3. The summed E-state index contributed by atoms with van der Waals surface area (Å²) in [5.74, 6) is -0.281. The summed E-state index contributed by atoms with van der Waals surface area (Å²) < 4.78 is 15.1. The first-order valence-electron chi connectivity index (χ1n) is 5.01. The molecule has 1 aliphatic rings. The first-order chi connectivity index (χ1) is 7.69. The summed E-state index contributed by atoms with van der Waals surface area (Å²) >= 11 is 0. The van der Waals surface area contributed by atoms with E-state index in [4.69, 9.17) is 14.0 Å². The minimum atomic E-state index is -1.03. The molecule has 0 aromatic carbocycles. The third-order valence-corrected chi connectivity index (χ3v) is 2.93. The van der Waals surface area contributed by atoms with Gasteiger partial charge in [-0.1, -0.05) is 0 Å². The van der Waals surface area contributed by atoms with Crippen LogP contribution in [0.4, 0.5) is 0 Å². The number of carboxylic acid groups (broad SMARTS) is 1. The molecule has 1 aliphatic heterocycles. The maximum atomic E-state index is 11.4. The molecule has 0 saturated carbocycles. The van der Waals surface area contributed by atoms with E-state index in [2.05, 4.69) is 5.16 Å². The number of carbonyl (C=O) groups is 1. The maximum absolute atomic E-state index is 11.4. The first-order valence-corrected chi connectivity index (χ1v) is 5.01. The summed E-state index contributed by atoms with van der Waals surface area (Å²) in [4.78, 5) is 11.4. The van der Waals surface area contributed by atoms with Crippen LogP contribution in [0.25, 0.3) is 0 Å². The lowest BCUT2D eigenvalue weighted by molar-refractivity contribution is -0.149. The number of hydrogen-bond donors (Lipinski definition) is 1.